The summed E-state index contributed by atoms with van der Waals surface area (Å²) in [6.07, 6.45) is 2.53. The fourth-order valence-corrected chi connectivity index (χ4v) is 3.27. The minimum Gasteiger partial charge on any atom is -0.325 e. The van der Waals surface area contributed by atoms with Crippen molar-refractivity contribution in [3.8, 4) is 0 Å². The van der Waals surface area contributed by atoms with Crippen molar-refractivity contribution in [3.63, 3.8) is 0 Å². The number of rotatable bonds is 5. The summed E-state index contributed by atoms with van der Waals surface area (Å²) in [7, 11) is 0. The number of aryl methyl sites for hydroxylation is 1. The number of hydrogen-bond donors (Lipinski definition) is 1. The first kappa shape index (κ1) is 16.5. The Kier molecular flexibility index (Phi) is 5.11. The number of benzene rings is 2. The molecule has 4 nitrogen and oxygen atoms in total. The van der Waals surface area contributed by atoms with E-state index in [1.807, 2.05) is 55.5 Å². The number of carbonyl (C=O) groups excluding carboxylic acids is 1. The number of amides is 1. The zero-order chi connectivity index (χ0) is 16.9. The number of thioether (sulfide) groups is 1. The third kappa shape index (κ3) is 3.74. The molecule has 0 aliphatic carbocycles. The molecule has 0 saturated carbocycles. The molecule has 0 spiro atoms. The molecule has 0 aliphatic heterocycles. The van der Waals surface area contributed by atoms with Crippen LogP contribution in [0.2, 0.25) is 0 Å². The Morgan fingerprint density at radius 2 is 1.88 bits per heavy atom. The van der Waals surface area contributed by atoms with Crippen LogP contribution in [0.25, 0.3) is 10.9 Å². The highest BCUT2D eigenvalue weighted by Gasteiger charge is 2.17. The van der Waals surface area contributed by atoms with E-state index in [0.29, 0.717) is 0 Å². The lowest BCUT2D eigenvalue weighted by atomic mass is 10.1. The second kappa shape index (κ2) is 7.45. The summed E-state index contributed by atoms with van der Waals surface area (Å²) in [6.45, 7) is 4.00. The quantitative estimate of drug-likeness (QED) is 0.557. The third-order valence-electron chi connectivity index (χ3n) is 3.79. The maximum absolute atomic E-state index is 12.4. The Labute approximate surface area is 145 Å². The molecule has 1 heterocycles. The largest absolute Gasteiger partial charge is 0.325 e. The average Bonchev–Trinajstić information content (AvgIpc) is 2.62. The summed E-state index contributed by atoms with van der Waals surface area (Å²) in [4.78, 5) is 21.0. The highest BCUT2D eigenvalue weighted by molar-refractivity contribution is 8.00. The van der Waals surface area contributed by atoms with Gasteiger partial charge < -0.3 is 5.32 Å². The molecule has 2 aromatic carbocycles. The van der Waals surface area contributed by atoms with Crippen molar-refractivity contribution in [3.05, 3.63) is 60.4 Å². The van der Waals surface area contributed by atoms with Gasteiger partial charge >= 0.3 is 0 Å². The molecule has 1 atom stereocenters. The van der Waals surface area contributed by atoms with Crippen LogP contribution in [0.5, 0.6) is 0 Å². The highest BCUT2D eigenvalue weighted by atomic mass is 32.2. The summed E-state index contributed by atoms with van der Waals surface area (Å²) in [5, 5.41) is 4.50. The van der Waals surface area contributed by atoms with Gasteiger partial charge in [0.15, 0.2) is 0 Å². The summed E-state index contributed by atoms with van der Waals surface area (Å²) >= 11 is 1.44. The minimum atomic E-state index is -0.255. The zero-order valence-electron chi connectivity index (χ0n) is 13.7. The van der Waals surface area contributed by atoms with E-state index in [1.165, 1.54) is 17.3 Å². The topological polar surface area (TPSA) is 54.9 Å². The number of hydrogen-bond acceptors (Lipinski definition) is 4. The van der Waals surface area contributed by atoms with Crippen LogP contribution in [0.3, 0.4) is 0 Å². The van der Waals surface area contributed by atoms with Gasteiger partial charge in [-0.05, 0) is 37.1 Å². The number of nitrogens with one attached hydrogen (secondary N) is 1. The lowest BCUT2D eigenvalue weighted by Gasteiger charge is -2.13. The SMILES string of the molecule is CCc1ccc(NC(=O)C(C)Sc2ncnc3ccccc23)cc1. The van der Waals surface area contributed by atoms with E-state index in [4.69, 9.17) is 0 Å². The van der Waals surface area contributed by atoms with E-state index in [1.54, 1.807) is 6.33 Å². The number of fused-ring (bicyclic) bond motifs is 1. The van der Waals surface area contributed by atoms with Crippen LogP contribution in [0.1, 0.15) is 19.4 Å². The van der Waals surface area contributed by atoms with E-state index in [-0.39, 0.29) is 11.2 Å². The van der Waals surface area contributed by atoms with Gasteiger partial charge in [0.2, 0.25) is 5.91 Å². The second-order valence-corrected chi connectivity index (χ2v) is 6.83. The van der Waals surface area contributed by atoms with Crippen LogP contribution in [0.4, 0.5) is 5.69 Å². The lowest BCUT2D eigenvalue weighted by Crippen LogP contribution is -2.22. The van der Waals surface area contributed by atoms with Crippen molar-refractivity contribution in [2.24, 2.45) is 0 Å². The molecule has 3 aromatic rings. The Balaban J connectivity index is 1.71. The van der Waals surface area contributed by atoms with E-state index in [0.717, 1.165) is 28.0 Å². The maximum Gasteiger partial charge on any atom is 0.237 e. The van der Waals surface area contributed by atoms with Crippen molar-refractivity contribution in [2.45, 2.75) is 30.5 Å². The maximum atomic E-state index is 12.4. The van der Waals surface area contributed by atoms with Crippen molar-refractivity contribution in [1.82, 2.24) is 9.97 Å². The molecule has 0 bridgehead atoms. The van der Waals surface area contributed by atoms with Gasteiger partial charge in [-0.3, -0.25) is 4.79 Å². The van der Waals surface area contributed by atoms with Gasteiger partial charge in [0.1, 0.15) is 11.4 Å². The third-order valence-corrected chi connectivity index (χ3v) is 4.91. The number of nitrogens with zero attached hydrogens (tertiary/aromatic N) is 2. The standard InChI is InChI=1S/C19H19N3OS/c1-3-14-8-10-15(11-9-14)22-18(23)13(2)24-19-16-6-4-5-7-17(16)20-12-21-19/h4-13H,3H2,1-2H3,(H,22,23). The molecular formula is C19H19N3OS. The van der Waals surface area contributed by atoms with E-state index >= 15 is 0 Å². The van der Waals surface area contributed by atoms with Crippen molar-refractivity contribution < 1.29 is 4.79 Å². The Morgan fingerprint density at radius 1 is 1.12 bits per heavy atom. The monoisotopic (exact) mass is 337 g/mol. The van der Waals surface area contributed by atoms with Crippen LogP contribution < -0.4 is 5.32 Å². The van der Waals surface area contributed by atoms with Crippen LogP contribution in [-0.4, -0.2) is 21.1 Å². The summed E-state index contributed by atoms with van der Waals surface area (Å²) < 4.78 is 0. The molecule has 24 heavy (non-hydrogen) atoms. The van der Waals surface area contributed by atoms with Gasteiger partial charge in [0.05, 0.1) is 10.8 Å². The molecule has 0 radical (unpaired) electrons. The van der Waals surface area contributed by atoms with E-state index < -0.39 is 0 Å². The van der Waals surface area contributed by atoms with E-state index in [9.17, 15) is 4.79 Å². The molecule has 0 aliphatic rings. The van der Waals surface area contributed by atoms with Crippen molar-refractivity contribution in [2.75, 3.05) is 5.32 Å². The van der Waals surface area contributed by atoms with Crippen LogP contribution in [0, 0.1) is 0 Å². The Bertz CT molecular complexity index is 843. The molecule has 3 rings (SSSR count). The van der Waals surface area contributed by atoms with E-state index in [2.05, 4.69) is 22.2 Å². The van der Waals surface area contributed by atoms with Crippen LogP contribution >= 0.6 is 11.8 Å². The predicted molar refractivity (Wildman–Crippen MR) is 99.3 cm³/mol. The average molecular weight is 337 g/mol. The first-order valence-electron chi connectivity index (χ1n) is 7.93. The first-order valence-corrected chi connectivity index (χ1v) is 8.81. The smallest absolute Gasteiger partial charge is 0.237 e. The van der Waals surface area contributed by atoms with Crippen LogP contribution in [-0.2, 0) is 11.2 Å². The normalized spacial score (nSPS) is 12.1. The molecule has 5 heteroatoms. The predicted octanol–water partition coefficient (Wildman–Crippen LogP) is 4.31. The fourth-order valence-electron chi connectivity index (χ4n) is 2.36. The minimum absolute atomic E-state index is 0.0352. The molecule has 1 N–H and O–H groups in total. The molecule has 1 unspecified atom stereocenters. The summed E-state index contributed by atoms with van der Waals surface area (Å²) in [6, 6.07) is 15.8. The van der Waals surface area contributed by atoms with Gasteiger partial charge in [-0.25, -0.2) is 9.97 Å². The number of carbonyl (C=O) groups is 1. The van der Waals surface area contributed by atoms with Gasteiger partial charge in [-0.1, -0.05) is 49.0 Å². The lowest BCUT2D eigenvalue weighted by molar-refractivity contribution is -0.115. The summed E-state index contributed by atoms with van der Waals surface area (Å²) in [5.41, 5.74) is 2.96. The summed E-state index contributed by atoms with van der Waals surface area (Å²) in [5.74, 6) is -0.0352. The van der Waals surface area contributed by atoms with Crippen molar-refractivity contribution in [1.29, 1.82) is 0 Å². The highest BCUT2D eigenvalue weighted by Crippen LogP contribution is 2.28. The first-order chi connectivity index (χ1) is 11.7. The molecule has 122 valence electrons. The molecule has 1 amide bonds. The molecule has 0 fully saturated rings. The van der Waals surface area contributed by atoms with Gasteiger partial charge in [-0.15, -0.1) is 0 Å². The number of aromatic nitrogens is 2. The van der Waals surface area contributed by atoms with Gasteiger partial charge in [0, 0.05) is 11.1 Å². The van der Waals surface area contributed by atoms with Crippen molar-refractivity contribution >= 4 is 34.3 Å². The fraction of sp³-hybridized carbons (Fsp3) is 0.211. The number of anilines is 1. The van der Waals surface area contributed by atoms with Gasteiger partial charge in [0.25, 0.3) is 0 Å². The molecule has 1 aromatic heterocycles. The van der Waals surface area contributed by atoms with Crippen LogP contribution in [0.15, 0.2) is 59.9 Å². The second-order valence-electron chi connectivity index (χ2n) is 5.50. The molecule has 0 saturated heterocycles. The molecular weight excluding hydrogens is 318 g/mol. The number of para-hydroxylation sites is 1. The van der Waals surface area contributed by atoms with Gasteiger partial charge in [-0.2, -0.15) is 0 Å². The Morgan fingerprint density at radius 3 is 2.62 bits per heavy atom. The Hall–Kier alpha value is -2.40. The zero-order valence-corrected chi connectivity index (χ0v) is 14.5.